The monoisotopic (exact) mass is 304 g/mol. The van der Waals surface area contributed by atoms with Crippen LogP contribution in [0.4, 0.5) is 0 Å². The summed E-state index contributed by atoms with van der Waals surface area (Å²) in [6.45, 7) is 3.99. The number of benzene rings is 2. The van der Waals surface area contributed by atoms with E-state index < -0.39 is 0 Å². The Morgan fingerprint density at radius 1 is 1.06 bits per heavy atom. The summed E-state index contributed by atoms with van der Waals surface area (Å²) < 4.78 is 6.67. The van der Waals surface area contributed by atoms with Gasteiger partial charge in [-0.15, -0.1) is 0 Å². The summed E-state index contributed by atoms with van der Waals surface area (Å²) in [6.07, 6.45) is 0.797. The summed E-state index contributed by atoms with van der Waals surface area (Å²) in [5.74, 6) is 1.35. The van der Waals surface area contributed by atoms with E-state index in [2.05, 4.69) is 15.9 Å². The number of carbonyl (C=O) groups excluding carboxylic acids is 1. The minimum Gasteiger partial charge on any atom is -0.456 e. The molecule has 2 aromatic carbocycles. The molecule has 0 aliphatic carbocycles. The van der Waals surface area contributed by atoms with Gasteiger partial charge in [0.1, 0.15) is 11.5 Å². The van der Waals surface area contributed by atoms with Gasteiger partial charge in [0.05, 0.1) is 5.56 Å². The van der Waals surface area contributed by atoms with Gasteiger partial charge < -0.3 is 4.74 Å². The van der Waals surface area contributed by atoms with Crippen molar-refractivity contribution in [3.63, 3.8) is 0 Å². The fourth-order valence-electron chi connectivity index (χ4n) is 1.64. The lowest BCUT2D eigenvalue weighted by molar-refractivity contribution is 0.112. The van der Waals surface area contributed by atoms with Crippen molar-refractivity contribution in [2.75, 3.05) is 0 Å². The molecule has 2 rings (SSSR count). The first-order valence-corrected chi connectivity index (χ1v) is 6.39. The molecule has 0 aliphatic rings. The second-order valence-corrected chi connectivity index (χ2v) is 5.09. The zero-order valence-corrected chi connectivity index (χ0v) is 11.8. The number of hydrogen-bond acceptors (Lipinski definition) is 2. The summed E-state index contributed by atoms with van der Waals surface area (Å²) in [4.78, 5) is 11.0. The first kappa shape index (κ1) is 12.8. The number of halogens is 1. The molecule has 2 aromatic rings. The highest BCUT2D eigenvalue weighted by Gasteiger charge is 2.07. The first-order valence-electron chi connectivity index (χ1n) is 5.60. The first-order chi connectivity index (χ1) is 8.60. The molecular weight excluding hydrogens is 292 g/mol. The third-order valence-electron chi connectivity index (χ3n) is 2.66. The molecule has 0 bridgehead atoms. The largest absolute Gasteiger partial charge is 0.456 e. The minimum absolute atomic E-state index is 0.533. The molecule has 0 unspecified atom stereocenters. The lowest BCUT2D eigenvalue weighted by Crippen LogP contribution is -1.93. The van der Waals surface area contributed by atoms with Gasteiger partial charge >= 0.3 is 0 Å². The van der Waals surface area contributed by atoms with Crippen LogP contribution in [0.15, 0.2) is 40.9 Å². The van der Waals surface area contributed by atoms with Crippen LogP contribution in [0.3, 0.4) is 0 Å². The molecule has 0 aromatic heterocycles. The Morgan fingerprint density at radius 3 is 2.56 bits per heavy atom. The maximum atomic E-state index is 11.0. The van der Waals surface area contributed by atoms with E-state index in [1.54, 1.807) is 12.1 Å². The van der Waals surface area contributed by atoms with Crippen LogP contribution in [0.5, 0.6) is 11.5 Å². The summed E-state index contributed by atoms with van der Waals surface area (Å²) in [6, 6.07) is 11.4. The second-order valence-electron chi connectivity index (χ2n) is 4.17. The SMILES string of the molecule is Cc1ccc(C)c(Oc2ccc(Br)cc2C=O)c1. The molecule has 0 saturated carbocycles. The van der Waals surface area contributed by atoms with Crippen molar-refractivity contribution in [2.24, 2.45) is 0 Å². The van der Waals surface area contributed by atoms with Gasteiger partial charge in [-0.25, -0.2) is 0 Å². The highest BCUT2D eigenvalue weighted by atomic mass is 79.9. The fraction of sp³-hybridized carbons (Fsp3) is 0.133. The van der Waals surface area contributed by atoms with Gasteiger partial charge in [0, 0.05) is 4.47 Å². The van der Waals surface area contributed by atoms with Crippen LogP contribution in [0.25, 0.3) is 0 Å². The Balaban J connectivity index is 2.39. The Kier molecular flexibility index (Phi) is 3.82. The van der Waals surface area contributed by atoms with E-state index in [1.165, 1.54) is 0 Å². The lowest BCUT2D eigenvalue weighted by atomic mass is 10.1. The van der Waals surface area contributed by atoms with Crippen molar-refractivity contribution in [2.45, 2.75) is 13.8 Å². The molecule has 0 fully saturated rings. The fourth-order valence-corrected chi connectivity index (χ4v) is 2.02. The van der Waals surface area contributed by atoms with Gasteiger partial charge in [0.15, 0.2) is 6.29 Å². The molecule has 0 atom stereocenters. The molecule has 92 valence electrons. The van der Waals surface area contributed by atoms with Crippen molar-refractivity contribution in [1.82, 2.24) is 0 Å². The van der Waals surface area contributed by atoms with Crippen molar-refractivity contribution in [3.05, 3.63) is 57.6 Å². The highest BCUT2D eigenvalue weighted by Crippen LogP contribution is 2.29. The van der Waals surface area contributed by atoms with E-state index in [1.807, 2.05) is 38.1 Å². The summed E-state index contributed by atoms with van der Waals surface area (Å²) in [5, 5.41) is 0. The molecule has 2 nitrogen and oxygen atoms in total. The second kappa shape index (κ2) is 5.36. The van der Waals surface area contributed by atoms with E-state index >= 15 is 0 Å². The molecule has 0 aliphatic heterocycles. The zero-order valence-electron chi connectivity index (χ0n) is 10.2. The molecule has 0 radical (unpaired) electrons. The third-order valence-corrected chi connectivity index (χ3v) is 3.16. The van der Waals surface area contributed by atoms with Crippen molar-refractivity contribution in [3.8, 4) is 11.5 Å². The summed E-state index contributed by atoms with van der Waals surface area (Å²) in [5.41, 5.74) is 2.70. The molecule has 0 amide bonds. The predicted molar refractivity (Wildman–Crippen MR) is 75.5 cm³/mol. The Bertz CT molecular complexity index is 591. The average Bonchev–Trinajstić information content (AvgIpc) is 2.36. The standard InChI is InChI=1S/C15H13BrO2/c1-10-3-4-11(2)15(7-10)18-14-6-5-13(16)8-12(14)9-17/h3-9H,1-2H3. The van der Waals surface area contributed by atoms with Gasteiger partial charge in [-0.3, -0.25) is 4.79 Å². The minimum atomic E-state index is 0.533. The van der Waals surface area contributed by atoms with Gasteiger partial charge in [-0.05, 0) is 49.2 Å². The normalized spacial score (nSPS) is 10.2. The van der Waals surface area contributed by atoms with Crippen molar-refractivity contribution >= 4 is 22.2 Å². The van der Waals surface area contributed by atoms with Crippen molar-refractivity contribution in [1.29, 1.82) is 0 Å². The van der Waals surface area contributed by atoms with Gasteiger partial charge in [0.25, 0.3) is 0 Å². The number of aldehydes is 1. The Labute approximate surface area is 115 Å². The number of ether oxygens (including phenoxy) is 1. The van der Waals surface area contributed by atoms with E-state index in [4.69, 9.17) is 4.74 Å². The lowest BCUT2D eigenvalue weighted by Gasteiger charge is -2.11. The zero-order chi connectivity index (χ0) is 13.1. The summed E-state index contributed by atoms with van der Waals surface area (Å²) in [7, 11) is 0. The quantitative estimate of drug-likeness (QED) is 0.770. The van der Waals surface area contributed by atoms with Crippen LogP contribution in [0, 0.1) is 13.8 Å². The van der Waals surface area contributed by atoms with Crippen LogP contribution >= 0.6 is 15.9 Å². The molecule has 0 spiro atoms. The topological polar surface area (TPSA) is 26.3 Å². The molecule has 0 heterocycles. The van der Waals surface area contributed by atoms with E-state index in [9.17, 15) is 4.79 Å². The summed E-state index contributed by atoms with van der Waals surface area (Å²) >= 11 is 3.33. The maximum Gasteiger partial charge on any atom is 0.153 e. The van der Waals surface area contributed by atoms with Gasteiger partial charge in [-0.2, -0.15) is 0 Å². The highest BCUT2D eigenvalue weighted by molar-refractivity contribution is 9.10. The van der Waals surface area contributed by atoms with Crippen LogP contribution in [0.2, 0.25) is 0 Å². The number of hydrogen-bond donors (Lipinski definition) is 0. The average molecular weight is 305 g/mol. The Hall–Kier alpha value is -1.61. The van der Waals surface area contributed by atoms with Crippen LogP contribution in [-0.2, 0) is 0 Å². The number of rotatable bonds is 3. The molecule has 3 heteroatoms. The third kappa shape index (κ3) is 2.79. The number of carbonyl (C=O) groups is 1. The smallest absolute Gasteiger partial charge is 0.153 e. The molecule has 18 heavy (non-hydrogen) atoms. The van der Waals surface area contributed by atoms with Crippen molar-refractivity contribution < 1.29 is 9.53 Å². The van der Waals surface area contributed by atoms with Gasteiger partial charge in [0.2, 0.25) is 0 Å². The number of aryl methyl sites for hydroxylation is 2. The van der Waals surface area contributed by atoms with Crippen LogP contribution in [0.1, 0.15) is 21.5 Å². The van der Waals surface area contributed by atoms with E-state index in [0.29, 0.717) is 11.3 Å². The predicted octanol–water partition coefficient (Wildman–Crippen LogP) is 4.67. The van der Waals surface area contributed by atoms with E-state index in [0.717, 1.165) is 27.6 Å². The molecular formula is C15H13BrO2. The van der Waals surface area contributed by atoms with Crippen LogP contribution in [-0.4, -0.2) is 6.29 Å². The molecule has 0 saturated heterocycles. The van der Waals surface area contributed by atoms with E-state index in [-0.39, 0.29) is 0 Å². The Morgan fingerprint density at radius 2 is 1.83 bits per heavy atom. The maximum absolute atomic E-state index is 11.0. The molecule has 0 N–H and O–H groups in total. The van der Waals surface area contributed by atoms with Crippen LogP contribution < -0.4 is 4.74 Å². The van der Waals surface area contributed by atoms with Gasteiger partial charge in [-0.1, -0.05) is 28.1 Å².